The Kier molecular flexibility index (Phi) is 4.45. The average molecular weight is 271 g/mol. The third-order valence-electron chi connectivity index (χ3n) is 2.54. The molecule has 1 atom stereocenters. The molecular weight excluding hydrogens is 256 g/mol. The van der Waals surface area contributed by atoms with Gasteiger partial charge in [0.25, 0.3) is 0 Å². The van der Waals surface area contributed by atoms with E-state index in [1.165, 1.54) is 21.7 Å². The summed E-state index contributed by atoms with van der Waals surface area (Å²) in [5.74, 6) is 0. The maximum atomic E-state index is 5.96. The molecular formula is C13H15ClS2. The second kappa shape index (κ2) is 5.85. The molecule has 0 radical (unpaired) electrons. The van der Waals surface area contributed by atoms with Crippen LogP contribution in [0.3, 0.4) is 0 Å². The van der Waals surface area contributed by atoms with Crippen molar-refractivity contribution in [3.63, 3.8) is 0 Å². The summed E-state index contributed by atoms with van der Waals surface area (Å²) in [7, 11) is 0. The van der Waals surface area contributed by atoms with Crippen molar-refractivity contribution >= 4 is 34.3 Å². The number of halogens is 1. The average Bonchev–Trinajstić information content (AvgIpc) is 2.84. The summed E-state index contributed by atoms with van der Waals surface area (Å²) in [6.07, 6.45) is 3.43. The van der Waals surface area contributed by atoms with Crippen molar-refractivity contribution in [2.75, 3.05) is 0 Å². The van der Waals surface area contributed by atoms with Crippen LogP contribution in [0.1, 0.15) is 25.3 Å². The van der Waals surface area contributed by atoms with Crippen molar-refractivity contribution in [3.05, 3.63) is 34.5 Å². The van der Waals surface area contributed by atoms with Gasteiger partial charge in [-0.1, -0.05) is 6.07 Å². The summed E-state index contributed by atoms with van der Waals surface area (Å²) in [4.78, 5) is 2.83. The molecule has 3 heteroatoms. The fraction of sp³-hybridized carbons (Fsp3) is 0.385. The van der Waals surface area contributed by atoms with Gasteiger partial charge in [0, 0.05) is 15.1 Å². The molecule has 0 aliphatic rings. The van der Waals surface area contributed by atoms with Crippen LogP contribution in [-0.4, -0.2) is 5.38 Å². The first kappa shape index (κ1) is 12.2. The van der Waals surface area contributed by atoms with E-state index < -0.39 is 0 Å². The number of thiophene rings is 2. The molecule has 1 unspecified atom stereocenters. The molecule has 0 nitrogen and oxygen atoms in total. The van der Waals surface area contributed by atoms with Crippen molar-refractivity contribution in [2.45, 2.75) is 31.6 Å². The number of hydrogen-bond donors (Lipinski definition) is 0. The summed E-state index contributed by atoms with van der Waals surface area (Å²) in [5, 5.41) is 4.62. The Morgan fingerprint density at radius 1 is 1.25 bits per heavy atom. The largest absolute Gasteiger partial charge is 0.143 e. The topological polar surface area (TPSA) is 0 Å². The van der Waals surface area contributed by atoms with Gasteiger partial charge in [0.1, 0.15) is 0 Å². The molecule has 16 heavy (non-hydrogen) atoms. The molecule has 0 saturated carbocycles. The van der Waals surface area contributed by atoms with Gasteiger partial charge in [-0.2, -0.15) is 0 Å². The number of alkyl halides is 1. The quantitative estimate of drug-likeness (QED) is 0.636. The molecule has 0 amide bonds. The van der Waals surface area contributed by atoms with Crippen molar-refractivity contribution in [2.24, 2.45) is 0 Å². The summed E-state index contributed by atoms with van der Waals surface area (Å²) >= 11 is 9.62. The van der Waals surface area contributed by atoms with Gasteiger partial charge in [-0.25, -0.2) is 0 Å². The Labute approximate surface area is 110 Å². The van der Waals surface area contributed by atoms with E-state index in [1.54, 1.807) is 0 Å². The maximum absolute atomic E-state index is 5.96. The molecule has 86 valence electrons. The van der Waals surface area contributed by atoms with Gasteiger partial charge in [-0.3, -0.25) is 0 Å². The van der Waals surface area contributed by atoms with Gasteiger partial charge in [0.15, 0.2) is 0 Å². The Balaban J connectivity index is 2.03. The van der Waals surface area contributed by atoms with E-state index in [0.717, 1.165) is 12.8 Å². The highest BCUT2D eigenvalue weighted by Crippen LogP contribution is 2.33. The smallest absolute Gasteiger partial charge is 0.0474 e. The molecule has 2 aromatic heterocycles. The molecule has 0 N–H and O–H groups in total. The first-order valence-electron chi connectivity index (χ1n) is 5.51. The molecule has 0 bridgehead atoms. The fourth-order valence-corrected chi connectivity index (χ4v) is 3.75. The Hall–Kier alpha value is -0.310. The van der Waals surface area contributed by atoms with Gasteiger partial charge in [-0.05, 0) is 54.6 Å². The summed E-state index contributed by atoms with van der Waals surface area (Å²) in [5.41, 5.74) is 1.48. The lowest BCUT2D eigenvalue weighted by atomic mass is 10.1. The highest BCUT2D eigenvalue weighted by atomic mass is 35.5. The number of hydrogen-bond acceptors (Lipinski definition) is 2. The normalized spacial score (nSPS) is 12.9. The van der Waals surface area contributed by atoms with Crippen LogP contribution in [0.5, 0.6) is 0 Å². The van der Waals surface area contributed by atoms with E-state index in [4.69, 9.17) is 11.6 Å². The standard InChI is InChI=1S/C13H15ClS2/c1-10(14)4-2-5-11-7-9-16-13(11)12-6-3-8-15-12/h3,6-10H,2,4-5H2,1H3. The summed E-state index contributed by atoms with van der Waals surface area (Å²) in [6.45, 7) is 2.06. The highest BCUT2D eigenvalue weighted by Gasteiger charge is 2.07. The zero-order valence-corrected chi connectivity index (χ0v) is 11.7. The van der Waals surface area contributed by atoms with Crippen LogP contribution in [0.4, 0.5) is 0 Å². The molecule has 2 rings (SSSR count). The Morgan fingerprint density at radius 2 is 2.12 bits per heavy atom. The van der Waals surface area contributed by atoms with E-state index in [0.29, 0.717) is 5.38 Å². The first-order chi connectivity index (χ1) is 7.77. The lowest BCUT2D eigenvalue weighted by Crippen LogP contribution is -1.92. The van der Waals surface area contributed by atoms with Crippen molar-refractivity contribution in [1.82, 2.24) is 0 Å². The molecule has 2 heterocycles. The summed E-state index contributed by atoms with van der Waals surface area (Å²) in [6, 6.07) is 6.56. The first-order valence-corrected chi connectivity index (χ1v) is 7.71. The monoisotopic (exact) mass is 270 g/mol. The predicted molar refractivity (Wildman–Crippen MR) is 75.9 cm³/mol. The lowest BCUT2D eigenvalue weighted by molar-refractivity contribution is 0.725. The fourth-order valence-electron chi connectivity index (χ4n) is 1.73. The van der Waals surface area contributed by atoms with Crippen LogP contribution in [0.15, 0.2) is 29.0 Å². The van der Waals surface area contributed by atoms with Crippen LogP contribution >= 0.6 is 34.3 Å². The van der Waals surface area contributed by atoms with Gasteiger partial charge >= 0.3 is 0 Å². The lowest BCUT2D eigenvalue weighted by Gasteiger charge is -2.03. The Bertz CT molecular complexity index is 415. The summed E-state index contributed by atoms with van der Waals surface area (Å²) < 4.78 is 0. The van der Waals surface area contributed by atoms with Gasteiger partial charge in [-0.15, -0.1) is 34.3 Å². The van der Waals surface area contributed by atoms with Crippen molar-refractivity contribution in [1.29, 1.82) is 0 Å². The molecule has 0 aromatic carbocycles. The third kappa shape index (κ3) is 3.09. The van der Waals surface area contributed by atoms with E-state index in [2.05, 4.69) is 35.9 Å². The van der Waals surface area contributed by atoms with Crippen LogP contribution in [0.2, 0.25) is 0 Å². The molecule has 2 aromatic rings. The van der Waals surface area contributed by atoms with Crippen LogP contribution in [-0.2, 0) is 6.42 Å². The highest BCUT2D eigenvalue weighted by molar-refractivity contribution is 7.20. The molecule has 0 aliphatic carbocycles. The zero-order chi connectivity index (χ0) is 11.4. The molecule has 0 aliphatic heterocycles. The van der Waals surface area contributed by atoms with E-state index in [1.807, 2.05) is 22.7 Å². The SMILES string of the molecule is CC(Cl)CCCc1ccsc1-c1cccs1. The van der Waals surface area contributed by atoms with Crippen LogP contribution in [0, 0.1) is 0 Å². The number of rotatable bonds is 5. The zero-order valence-electron chi connectivity index (χ0n) is 9.28. The van der Waals surface area contributed by atoms with Crippen LogP contribution in [0.25, 0.3) is 9.75 Å². The minimum atomic E-state index is 0.295. The molecule has 0 fully saturated rings. The second-order valence-electron chi connectivity index (χ2n) is 3.93. The van der Waals surface area contributed by atoms with E-state index in [9.17, 15) is 0 Å². The van der Waals surface area contributed by atoms with E-state index in [-0.39, 0.29) is 0 Å². The van der Waals surface area contributed by atoms with Crippen molar-refractivity contribution in [3.8, 4) is 9.75 Å². The predicted octanol–water partition coefficient (Wildman–Crippen LogP) is 5.43. The third-order valence-corrected chi connectivity index (χ3v) is 4.76. The second-order valence-corrected chi connectivity index (χ2v) is 6.53. The maximum Gasteiger partial charge on any atom is 0.0474 e. The minimum Gasteiger partial charge on any atom is -0.143 e. The van der Waals surface area contributed by atoms with Gasteiger partial charge < -0.3 is 0 Å². The van der Waals surface area contributed by atoms with Crippen LogP contribution < -0.4 is 0 Å². The van der Waals surface area contributed by atoms with Crippen molar-refractivity contribution < 1.29 is 0 Å². The van der Waals surface area contributed by atoms with Gasteiger partial charge in [0.05, 0.1) is 0 Å². The molecule has 0 spiro atoms. The van der Waals surface area contributed by atoms with E-state index >= 15 is 0 Å². The minimum absolute atomic E-state index is 0.295. The number of aryl methyl sites for hydroxylation is 1. The Morgan fingerprint density at radius 3 is 2.81 bits per heavy atom. The van der Waals surface area contributed by atoms with Gasteiger partial charge in [0.2, 0.25) is 0 Å². The molecule has 0 saturated heterocycles.